The van der Waals surface area contributed by atoms with Gasteiger partial charge < -0.3 is 19.6 Å². The largest absolute Gasteiger partial charge is 0.369 e. The number of rotatable bonds is 12. The second-order valence-corrected chi connectivity index (χ2v) is 29.1. The standard InChI is InChI=1S/C80H79B2N4S2/c1-54-40-44-56(45-41-54)66-36-23-37-67(57-46-42-55(2)43-47-57)80(66)86-72-53-75-68(81-78-76(87-65-34-19-8-20-35-65)50-64(51-77(78)88-75)84(60-28-13-5-14-29-60)61-30-15-6-16-31-61)52-70(72)82-69-38-21-22-39-71(69)85(62-32-17-7-18-33-62)73-48-63(49-74(86)79(73)82)83(58-24-9-3-10-25-58)59-26-11-4-12-27-59/h3,5-9,13-24,28-30,32-47,50,52-53,59,61,63,68,73-79H,4,10-12,25-27,31,48-49,51H2,1-2H3. The minimum atomic E-state index is 0.174. The molecule has 7 aromatic carbocycles. The van der Waals surface area contributed by atoms with E-state index in [1.54, 1.807) is 5.70 Å². The van der Waals surface area contributed by atoms with Gasteiger partial charge in [0.2, 0.25) is 6.71 Å². The van der Waals surface area contributed by atoms with E-state index in [-0.39, 0.29) is 47.0 Å². The molecule has 7 aromatic rings. The van der Waals surface area contributed by atoms with Crippen molar-refractivity contribution in [2.24, 2.45) is 0 Å². The third-order valence-electron chi connectivity index (χ3n) is 21.2. The summed E-state index contributed by atoms with van der Waals surface area (Å²) in [6.07, 6.45) is 37.9. The highest BCUT2D eigenvalue weighted by atomic mass is 32.2. The molecule has 6 aliphatic carbocycles. The molecule has 437 valence electrons. The number of nitrogens with zero attached hydrogens (tertiary/aromatic N) is 4. The van der Waals surface area contributed by atoms with Crippen LogP contribution >= 0.6 is 23.5 Å². The molecule has 16 rings (SSSR count). The number of hydrogen-bond acceptors (Lipinski definition) is 6. The van der Waals surface area contributed by atoms with E-state index in [4.69, 9.17) is 0 Å². The molecule has 4 fully saturated rings. The fourth-order valence-electron chi connectivity index (χ4n) is 17.4. The van der Waals surface area contributed by atoms with Crippen LogP contribution in [0.3, 0.4) is 0 Å². The van der Waals surface area contributed by atoms with Gasteiger partial charge in [0.25, 0.3) is 0 Å². The Labute approximate surface area is 533 Å². The van der Waals surface area contributed by atoms with Gasteiger partial charge in [-0.25, -0.2) is 0 Å². The molecule has 4 nitrogen and oxygen atoms in total. The number of benzene rings is 7. The van der Waals surface area contributed by atoms with Gasteiger partial charge in [0.15, 0.2) is 0 Å². The van der Waals surface area contributed by atoms with Gasteiger partial charge in [0, 0.05) is 90.1 Å². The van der Waals surface area contributed by atoms with Crippen molar-refractivity contribution in [1.29, 1.82) is 0 Å². The highest BCUT2D eigenvalue weighted by Crippen LogP contribution is 2.61. The second kappa shape index (κ2) is 24.3. The monoisotopic (exact) mass is 1180 g/mol. The van der Waals surface area contributed by atoms with Gasteiger partial charge in [-0.05, 0) is 148 Å². The molecule has 1 radical (unpaired) electrons. The maximum Gasteiger partial charge on any atom is 0.221 e. The van der Waals surface area contributed by atoms with E-state index in [1.807, 2.05) is 0 Å². The van der Waals surface area contributed by atoms with Crippen LogP contribution in [0.1, 0.15) is 81.8 Å². The molecule has 10 unspecified atom stereocenters. The number of anilines is 4. The number of hydrogen-bond donors (Lipinski definition) is 0. The molecule has 88 heavy (non-hydrogen) atoms. The van der Waals surface area contributed by atoms with Crippen LogP contribution in [0.2, 0.25) is 17.5 Å². The molecule has 0 N–H and O–H groups in total. The minimum Gasteiger partial charge on any atom is -0.369 e. The predicted molar refractivity (Wildman–Crippen MR) is 378 cm³/mol. The maximum absolute atomic E-state index is 3.07. The Morgan fingerprint density at radius 3 is 1.99 bits per heavy atom. The fourth-order valence-corrected chi connectivity index (χ4v) is 20.4. The van der Waals surface area contributed by atoms with E-state index in [1.165, 1.54) is 115 Å². The van der Waals surface area contributed by atoms with Crippen molar-refractivity contribution in [2.75, 3.05) is 14.7 Å². The summed E-state index contributed by atoms with van der Waals surface area (Å²) in [5.41, 5.74) is 20.6. The molecular weight excluding hydrogens is 1100 g/mol. The van der Waals surface area contributed by atoms with E-state index in [2.05, 4.69) is 307 Å². The van der Waals surface area contributed by atoms with Crippen LogP contribution in [0, 0.1) is 13.8 Å². The third-order valence-corrected chi connectivity index (χ3v) is 24.0. The van der Waals surface area contributed by atoms with Crippen LogP contribution in [0.15, 0.2) is 270 Å². The molecule has 3 aliphatic heterocycles. The van der Waals surface area contributed by atoms with Crippen molar-refractivity contribution in [3.63, 3.8) is 0 Å². The summed E-state index contributed by atoms with van der Waals surface area (Å²) >= 11 is 4.36. The third kappa shape index (κ3) is 10.4. The summed E-state index contributed by atoms with van der Waals surface area (Å²) in [6.45, 7) is 4.68. The number of para-hydroxylation sites is 4. The van der Waals surface area contributed by atoms with Crippen molar-refractivity contribution in [3.8, 4) is 22.3 Å². The Morgan fingerprint density at radius 1 is 0.614 bits per heavy atom. The smallest absolute Gasteiger partial charge is 0.221 e. The second-order valence-electron chi connectivity index (χ2n) is 26.4. The molecule has 0 aromatic heterocycles. The van der Waals surface area contributed by atoms with E-state index in [0.29, 0.717) is 23.2 Å². The van der Waals surface area contributed by atoms with Crippen LogP contribution in [-0.2, 0) is 0 Å². The zero-order valence-electron chi connectivity index (χ0n) is 51.0. The summed E-state index contributed by atoms with van der Waals surface area (Å²) in [7, 11) is 2.87. The van der Waals surface area contributed by atoms with Crippen molar-refractivity contribution in [3.05, 3.63) is 276 Å². The molecule has 2 saturated heterocycles. The van der Waals surface area contributed by atoms with Crippen LogP contribution in [0.5, 0.6) is 0 Å². The molecule has 10 atom stereocenters. The summed E-state index contributed by atoms with van der Waals surface area (Å²) in [5.74, 6) is 0.925. The van der Waals surface area contributed by atoms with E-state index < -0.39 is 0 Å². The Morgan fingerprint density at radius 2 is 1.30 bits per heavy atom. The molecule has 0 bridgehead atoms. The first kappa shape index (κ1) is 56.0. The quantitative estimate of drug-likeness (QED) is 0.112. The normalized spacial score (nSPS) is 26.8. The van der Waals surface area contributed by atoms with Crippen LogP contribution in [0.25, 0.3) is 22.3 Å². The molecule has 0 amide bonds. The summed E-state index contributed by atoms with van der Waals surface area (Å²) in [6, 6.07) is 71.5. The Kier molecular flexibility index (Phi) is 15.4. The molecule has 9 aliphatic rings. The fraction of sp³-hybridized carbons (Fsp3) is 0.300. The first-order chi connectivity index (χ1) is 43.5. The van der Waals surface area contributed by atoms with Gasteiger partial charge in [-0.3, -0.25) is 0 Å². The van der Waals surface area contributed by atoms with E-state index in [9.17, 15) is 0 Å². The molecular formula is C80H79B2N4S2. The zero-order valence-corrected chi connectivity index (χ0v) is 52.6. The number of aryl methyl sites for hydroxylation is 2. The van der Waals surface area contributed by atoms with Gasteiger partial charge in [-0.2, -0.15) is 11.8 Å². The van der Waals surface area contributed by atoms with Gasteiger partial charge in [0.1, 0.15) is 7.28 Å². The average molecular weight is 1180 g/mol. The first-order valence-electron chi connectivity index (χ1n) is 33.2. The Hall–Kier alpha value is -7.25. The summed E-state index contributed by atoms with van der Waals surface area (Å²) in [4.78, 5) is 13.0. The van der Waals surface area contributed by atoms with Crippen molar-refractivity contribution in [2.45, 2.75) is 153 Å². The topological polar surface area (TPSA) is 13.0 Å². The van der Waals surface area contributed by atoms with Crippen LogP contribution in [0.4, 0.5) is 22.7 Å². The van der Waals surface area contributed by atoms with Crippen LogP contribution < -0.4 is 20.2 Å². The van der Waals surface area contributed by atoms with Gasteiger partial charge in [-0.1, -0.05) is 229 Å². The highest BCUT2D eigenvalue weighted by Gasteiger charge is 2.60. The highest BCUT2D eigenvalue weighted by molar-refractivity contribution is 8.01. The first-order valence-corrected chi connectivity index (χ1v) is 35.0. The van der Waals surface area contributed by atoms with Gasteiger partial charge in [-0.15, -0.1) is 11.8 Å². The zero-order chi connectivity index (χ0) is 58.7. The molecule has 2 saturated carbocycles. The predicted octanol–water partition coefficient (Wildman–Crippen LogP) is 19.1. The van der Waals surface area contributed by atoms with E-state index >= 15 is 0 Å². The van der Waals surface area contributed by atoms with Crippen LogP contribution in [-0.4, -0.2) is 64.9 Å². The Bertz CT molecular complexity index is 3840. The Balaban J connectivity index is 0.913. The summed E-state index contributed by atoms with van der Waals surface area (Å²) in [5, 5.41) is 0.909. The minimum absolute atomic E-state index is 0.174. The summed E-state index contributed by atoms with van der Waals surface area (Å²) < 4.78 is 0. The number of fused-ring (bicyclic) bond motifs is 6. The number of allylic oxidation sites excluding steroid dienone is 9. The van der Waals surface area contributed by atoms with E-state index in [0.717, 1.165) is 38.5 Å². The lowest BCUT2D eigenvalue weighted by Crippen LogP contribution is -2.69. The van der Waals surface area contributed by atoms with Crippen molar-refractivity contribution in [1.82, 2.24) is 4.90 Å². The lowest BCUT2D eigenvalue weighted by atomic mass is 9.25. The number of thioether (sulfide) groups is 2. The SMILES string of the molecule is Cc1ccc(-c2cccc(-c3ccc(C)cc3)c2N2C3=CC4SC5CC(N(c6ccccc6)C6C=CC=CC6)=CC(Sc6ccccc6)C5[B]C4C=C3B3c4ccccc4N(c4ccccc4)C4CC(N(C5=CC=CCC5)C5CCCCC5)CC2C34)cc1. The molecule has 3 heterocycles. The molecule has 8 heteroatoms. The molecule has 0 spiro atoms. The average Bonchev–Trinajstić information content (AvgIpc) is 0.707. The van der Waals surface area contributed by atoms with Gasteiger partial charge in [0.05, 0.1) is 11.7 Å². The lowest BCUT2D eigenvalue weighted by molar-refractivity contribution is 0.100. The van der Waals surface area contributed by atoms with Crippen molar-refractivity contribution >= 4 is 65.7 Å². The lowest BCUT2D eigenvalue weighted by Gasteiger charge is -2.62. The van der Waals surface area contributed by atoms with Crippen molar-refractivity contribution < 1.29 is 0 Å². The maximum atomic E-state index is 3.07. The van der Waals surface area contributed by atoms with Gasteiger partial charge >= 0.3 is 0 Å².